The number of aliphatic hydroxyl groups excluding tert-OH is 1. The predicted octanol–water partition coefficient (Wildman–Crippen LogP) is 11.9. The standard InChI is InChI=1S/C10H19NO2.C9H19NO2.C9H19N.C7H14O3.C6H12O2.2C6H12O.C5H12O3S.2CH4/c1-9(2)13-8-10(12)11-6-4-3-5-7-11;1-7(2)12-6-8(11)10-9(3,4)5;1-8(2)10-7-9-5-3-4-6-9;1-6(2)10-5-7(8)4-9-3;1-5(2)8-4-6(3)7;1-5(2)4-6(3)7;1-4-5-7-6(2)3;1-5(2)8-4-9(3,6)7;;/h9H,3-8H2,1-2H3;7H,6H2,1-5H3,(H,10,11);8-10H,3-7H2,1-2H3;6H,4-5H2,1-3H3;5,7H,3-4H2,1-2H3;5H,4H2,1-3H3;4,6H,1,5H2,2-3H3;5H,4H2,1-3H3;2*1H4. The Hall–Kier alpha value is -2.81. The van der Waals surface area contributed by atoms with Gasteiger partial charge in [0.2, 0.25) is 11.8 Å². The molecule has 1 saturated carbocycles. The molecule has 1 heterocycles. The molecule has 0 aromatic rings. The van der Waals surface area contributed by atoms with Gasteiger partial charge < -0.3 is 58.6 Å². The number of ketones is 2. The highest BCUT2D eigenvalue weighted by atomic mass is 32.2. The van der Waals surface area contributed by atoms with Gasteiger partial charge in [0, 0.05) is 44.5 Å². The van der Waals surface area contributed by atoms with Crippen molar-refractivity contribution in [2.24, 2.45) is 11.8 Å². The normalized spacial score (nSPS) is 13.0. The minimum absolute atomic E-state index is 0. The Morgan fingerprint density at radius 2 is 1.08 bits per heavy atom. The van der Waals surface area contributed by atoms with E-state index in [2.05, 4.69) is 42.4 Å². The van der Waals surface area contributed by atoms with Gasteiger partial charge >= 0.3 is 0 Å². The molecule has 0 spiro atoms. The maximum Gasteiger partial charge on any atom is 0.248 e. The number of carbonyl (C=O) groups excluding carboxylic acids is 4. The summed E-state index contributed by atoms with van der Waals surface area (Å²) in [6, 6.07) is 0.667. The van der Waals surface area contributed by atoms with Crippen LogP contribution in [0.4, 0.5) is 0 Å². The summed E-state index contributed by atoms with van der Waals surface area (Å²) in [4.78, 5) is 45.5. The van der Waals surface area contributed by atoms with Crippen LogP contribution in [0, 0.1) is 11.8 Å². The van der Waals surface area contributed by atoms with Crippen molar-refractivity contribution in [1.82, 2.24) is 15.5 Å². The first-order valence-corrected chi connectivity index (χ1v) is 29.6. The number of methoxy groups -OCH3 is 1. The van der Waals surface area contributed by atoms with Gasteiger partial charge in [0.1, 0.15) is 50.5 Å². The molecular weight excluding hydrogens is 1020 g/mol. The van der Waals surface area contributed by atoms with Crippen molar-refractivity contribution >= 4 is 33.2 Å². The predicted molar refractivity (Wildman–Crippen MR) is 327 cm³/mol. The lowest BCUT2D eigenvalue weighted by Gasteiger charge is -2.26. The van der Waals surface area contributed by atoms with Gasteiger partial charge in [0.05, 0.1) is 43.2 Å². The molecule has 1 aliphatic heterocycles. The highest BCUT2D eigenvalue weighted by Gasteiger charge is 2.17. The van der Waals surface area contributed by atoms with Crippen LogP contribution in [-0.4, -0.2) is 169 Å². The molecule has 0 aromatic carbocycles. The Balaban J connectivity index is -0.000000120. The Bertz CT molecular complexity index is 1500. The molecule has 2 aliphatic rings. The van der Waals surface area contributed by atoms with Crippen molar-refractivity contribution in [3.8, 4) is 0 Å². The number of sulfone groups is 1. The fraction of sp³-hybridized carbons (Fsp3) is 0.867. The van der Waals surface area contributed by atoms with E-state index in [-0.39, 0.29) is 119 Å². The summed E-state index contributed by atoms with van der Waals surface area (Å²) in [5.41, 5.74) is -0.169. The Labute approximate surface area is 481 Å². The minimum atomic E-state index is -2.94. The van der Waals surface area contributed by atoms with E-state index in [1.54, 1.807) is 26.8 Å². The number of likely N-dealkylation sites (tertiary alicyclic amines) is 1. The van der Waals surface area contributed by atoms with Crippen LogP contribution in [0.25, 0.3) is 0 Å². The van der Waals surface area contributed by atoms with Gasteiger partial charge in [-0.25, -0.2) is 8.42 Å². The second kappa shape index (κ2) is 58.8. The molecule has 0 bridgehead atoms. The van der Waals surface area contributed by atoms with Gasteiger partial charge in [0.15, 0.2) is 15.6 Å². The van der Waals surface area contributed by atoms with Crippen molar-refractivity contribution < 1.29 is 65.9 Å². The lowest BCUT2D eigenvalue weighted by molar-refractivity contribution is -0.138. The molecule has 0 radical (unpaired) electrons. The minimum Gasteiger partial charge on any atom is -0.510 e. The first kappa shape index (κ1) is 91.7. The smallest absolute Gasteiger partial charge is 0.248 e. The molecule has 0 atom stereocenters. The number of hydrogen-bond donors (Lipinski definition) is 3. The van der Waals surface area contributed by atoms with Crippen LogP contribution in [0.2, 0.25) is 0 Å². The number of ether oxygens (including phenoxy) is 7. The van der Waals surface area contributed by atoms with E-state index >= 15 is 0 Å². The zero-order valence-electron chi connectivity index (χ0n) is 52.5. The highest BCUT2D eigenvalue weighted by molar-refractivity contribution is 7.90. The fourth-order valence-corrected chi connectivity index (χ4v) is 6.13. The lowest BCUT2D eigenvalue weighted by Crippen LogP contribution is -2.42. The van der Waals surface area contributed by atoms with Gasteiger partial charge in [-0.2, -0.15) is 0 Å². The summed E-state index contributed by atoms with van der Waals surface area (Å²) in [5, 5.41) is 14.8. The highest BCUT2D eigenvalue weighted by Crippen LogP contribution is 2.23. The van der Waals surface area contributed by atoms with Crippen LogP contribution >= 0.6 is 0 Å². The molecule has 78 heavy (non-hydrogen) atoms. The summed E-state index contributed by atoms with van der Waals surface area (Å²) in [6.07, 6.45) is 13.9. The molecular formula is C60H127N3O14S. The van der Waals surface area contributed by atoms with Gasteiger partial charge in [-0.15, -0.1) is 6.58 Å². The Morgan fingerprint density at radius 1 is 0.654 bits per heavy atom. The number of hydrogen-bond acceptors (Lipinski definition) is 15. The van der Waals surface area contributed by atoms with Crippen LogP contribution < -0.4 is 10.6 Å². The second-order valence-electron chi connectivity index (χ2n) is 22.2. The third-order valence-electron chi connectivity index (χ3n) is 8.93. The average Bonchev–Trinajstić information content (AvgIpc) is 3.81. The number of nitrogens with one attached hydrogen (secondary N) is 2. The molecule has 2 fully saturated rings. The van der Waals surface area contributed by atoms with Gasteiger partial charge in [-0.05, 0) is 161 Å². The summed E-state index contributed by atoms with van der Waals surface area (Å²) in [7, 11) is -1.45. The third-order valence-corrected chi connectivity index (χ3v) is 9.49. The maximum absolute atomic E-state index is 11.5. The number of nitrogens with zero attached hydrogens (tertiary/aromatic N) is 1. The molecule has 2 rings (SSSR count). The van der Waals surface area contributed by atoms with Crippen LogP contribution in [0.15, 0.2) is 25.0 Å². The van der Waals surface area contributed by atoms with E-state index in [0.29, 0.717) is 24.7 Å². The second-order valence-corrected chi connectivity index (χ2v) is 24.2. The number of amides is 2. The number of rotatable bonds is 25. The average molecular weight is 1150 g/mol. The van der Waals surface area contributed by atoms with Gasteiger partial charge in [-0.3, -0.25) is 14.4 Å². The Kier molecular flexibility index (Phi) is 69.1. The molecule has 472 valence electrons. The Morgan fingerprint density at radius 3 is 1.37 bits per heavy atom. The summed E-state index contributed by atoms with van der Waals surface area (Å²) < 4.78 is 55.7. The topological polar surface area (TPSA) is 215 Å². The van der Waals surface area contributed by atoms with Crippen molar-refractivity contribution in [3.05, 3.63) is 25.0 Å². The lowest BCUT2D eigenvalue weighted by atomic mass is 10.1. The third kappa shape index (κ3) is 95.5. The van der Waals surface area contributed by atoms with Gasteiger partial charge in [0.25, 0.3) is 0 Å². The first-order chi connectivity index (χ1) is 34.9. The van der Waals surface area contributed by atoms with Crippen LogP contribution in [0.3, 0.4) is 0 Å². The van der Waals surface area contributed by atoms with Crippen molar-refractivity contribution in [2.75, 3.05) is 78.6 Å². The van der Waals surface area contributed by atoms with Crippen molar-refractivity contribution in [2.45, 2.75) is 253 Å². The number of aliphatic hydroxyl groups is 1. The number of piperidine rings is 1. The molecule has 0 aromatic heterocycles. The zero-order chi connectivity index (χ0) is 60.5. The molecule has 1 aliphatic carbocycles. The molecule has 3 N–H and O–H groups in total. The SMILES string of the molecule is C.C.C=C(O)COC(C)C.C=CCOC(C)C.CC(=O)CC(C)C.CC(C)NCC1CCCC1.CC(C)OCC(=O)N1CCCCC1.CC(C)OCC(=O)NC(C)(C)C.CC(C)OCS(C)(=O)=O.COCC(=O)COC(C)C. The summed E-state index contributed by atoms with van der Waals surface area (Å²) in [5.74, 6) is 1.78. The summed E-state index contributed by atoms with van der Waals surface area (Å²) >= 11 is 0. The quantitative estimate of drug-likeness (QED) is 0.0573. The number of carbonyl (C=O) groups is 4. The van der Waals surface area contributed by atoms with Crippen LogP contribution in [-0.2, 0) is 62.2 Å². The molecule has 0 unspecified atom stereocenters. The fourth-order valence-electron chi connectivity index (χ4n) is 5.61. The van der Waals surface area contributed by atoms with E-state index in [4.69, 9.17) is 33.5 Å². The monoisotopic (exact) mass is 1150 g/mol. The largest absolute Gasteiger partial charge is 0.510 e. The first-order valence-electron chi connectivity index (χ1n) is 27.6. The molecule has 2 amide bonds. The molecule has 17 nitrogen and oxygen atoms in total. The van der Waals surface area contributed by atoms with E-state index in [1.807, 2.05) is 109 Å². The maximum atomic E-state index is 11.5. The van der Waals surface area contributed by atoms with E-state index in [1.165, 1.54) is 45.8 Å². The van der Waals surface area contributed by atoms with E-state index < -0.39 is 9.84 Å². The molecule has 18 heteroatoms. The van der Waals surface area contributed by atoms with Crippen LogP contribution in [0.1, 0.15) is 205 Å². The van der Waals surface area contributed by atoms with Gasteiger partial charge in [-0.1, -0.05) is 68.0 Å². The van der Waals surface area contributed by atoms with E-state index in [9.17, 15) is 27.6 Å². The van der Waals surface area contributed by atoms with Crippen molar-refractivity contribution in [1.29, 1.82) is 0 Å². The number of Topliss-reactive ketones (excluding diaryl/α,β-unsaturated/α-hetero) is 2. The van der Waals surface area contributed by atoms with Crippen molar-refractivity contribution in [3.63, 3.8) is 0 Å². The van der Waals surface area contributed by atoms with E-state index in [0.717, 1.165) is 44.5 Å². The summed E-state index contributed by atoms with van der Waals surface area (Å²) in [6.45, 7) is 50.3. The zero-order valence-corrected chi connectivity index (χ0v) is 53.3. The van der Waals surface area contributed by atoms with Crippen LogP contribution in [0.5, 0.6) is 0 Å². The molecule has 1 saturated heterocycles.